The van der Waals surface area contributed by atoms with Gasteiger partial charge in [0.1, 0.15) is 11.4 Å². The van der Waals surface area contributed by atoms with E-state index in [2.05, 4.69) is 15.6 Å². The second kappa shape index (κ2) is 8.05. The van der Waals surface area contributed by atoms with Crippen LogP contribution in [-0.2, 0) is 9.47 Å². The third-order valence-electron chi connectivity index (χ3n) is 3.06. The molecule has 0 aliphatic carbocycles. The maximum Gasteiger partial charge on any atom is 0.413 e. The summed E-state index contributed by atoms with van der Waals surface area (Å²) in [4.78, 5) is 27.5. The van der Waals surface area contributed by atoms with Crippen molar-refractivity contribution in [2.45, 2.75) is 26.4 Å². The van der Waals surface area contributed by atoms with Gasteiger partial charge in [0.05, 0.1) is 35.3 Å². The van der Waals surface area contributed by atoms with Crippen molar-refractivity contribution in [2.24, 2.45) is 0 Å². The predicted octanol–water partition coefficient (Wildman–Crippen LogP) is 4.61. The molecule has 0 spiro atoms. The molecule has 26 heavy (non-hydrogen) atoms. The van der Waals surface area contributed by atoms with Crippen LogP contribution in [0.15, 0.2) is 36.5 Å². The van der Waals surface area contributed by atoms with Crippen LogP contribution < -0.4 is 10.6 Å². The van der Waals surface area contributed by atoms with Crippen molar-refractivity contribution in [1.29, 1.82) is 0 Å². The molecule has 2 N–H and O–H groups in total. The minimum Gasteiger partial charge on any atom is -0.465 e. The van der Waals surface area contributed by atoms with Gasteiger partial charge in [-0.3, -0.25) is 5.32 Å². The highest BCUT2D eigenvalue weighted by atomic mass is 35.5. The number of hydrogen-bond donors (Lipinski definition) is 2. The van der Waals surface area contributed by atoms with Gasteiger partial charge in [-0.1, -0.05) is 11.6 Å². The highest BCUT2D eigenvalue weighted by molar-refractivity contribution is 6.33. The Bertz CT molecular complexity index is 801. The van der Waals surface area contributed by atoms with Crippen LogP contribution in [0.25, 0.3) is 0 Å². The molecule has 1 aromatic heterocycles. The molecule has 0 saturated heterocycles. The number of carbonyl (C=O) groups excluding carboxylic acids is 2. The van der Waals surface area contributed by atoms with Crippen LogP contribution in [0.2, 0.25) is 5.02 Å². The highest BCUT2D eigenvalue weighted by Crippen LogP contribution is 2.27. The molecular formula is C18H20ClN3O4. The lowest BCUT2D eigenvalue weighted by Gasteiger charge is -2.19. The lowest BCUT2D eigenvalue weighted by Crippen LogP contribution is -2.27. The number of pyridine rings is 1. The number of ether oxygens (including phenoxy) is 2. The van der Waals surface area contributed by atoms with Crippen molar-refractivity contribution in [3.63, 3.8) is 0 Å². The van der Waals surface area contributed by atoms with Crippen LogP contribution in [0.5, 0.6) is 0 Å². The predicted molar refractivity (Wildman–Crippen MR) is 100 cm³/mol. The Morgan fingerprint density at radius 1 is 1.15 bits per heavy atom. The number of anilines is 3. The number of hydrogen-bond acceptors (Lipinski definition) is 6. The number of rotatable bonds is 4. The van der Waals surface area contributed by atoms with Gasteiger partial charge in [0.25, 0.3) is 0 Å². The van der Waals surface area contributed by atoms with Crippen LogP contribution in [0.1, 0.15) is 31.1 Å². The quantitative estimate of drug-likeness (QED) is 0.756. The van der Waals surface area contributed by atoms with E-state index in [1.165, 1.54) is 13.3 Å². The fraction of sp³-hybridized carbons (Fsp3) is 0.278. The van der Waals surface area contributed by atoms with E-state index in [-0.39, 0.29) is 0 Å². The summed E-state index contributed by atoms with van der Waals surface area (Å²) in [5.74, 6) is -0.112. The number of esters is 1. The molecule has 0 unspecified atom stereocenters. The number of halogens is 1. The Balaban J connectivity index is 2.08. The zero-order valence-electron chi connectivity index (χ0n) is 14.9. The Morgan fingerprint density at radius 2 is 1.88 bits per heavy atom. The third-order valence-corrected chi connectivity index (χ3v) is 3.39. The van der Waals surface area contributed by atoms with Crippen LogP contribution in [0.3, 0.4) is 0 Å². The summed E-state index contributed by atoms with van der Waals surface area (Å²) >= 11 is 6.15. The SMILES string of the molecule is COC(=O)c1ccc(Cl)c(Nc2ccc(NC(=O)OC(C)(C)C)nc2)c1. The van der Waals surface area contributed by atoms with Crippen LogP contribution in [0, 0.1) is 0 Å². The van der Waals surface area contributed by atoms with Gasteiger partial charge in [0, 0.05) is 0 Å². The van der Waals surface area contributed by atoms with Gasteiger partial charge in [-0.2, -0.15) is 0 Å². The number of amides is 1. The van der Waals surface area contributed by atoms with E-state index in [4.69, 9.17) is 21.1 Å². The number of methoxy groups -OCH3 is 1. The van der Waals surface area contributed by atoms with E-state index >= 15 is 0 Å². The van der Waals surface area contributed by atoms with E-state index in [0.717, 1.165) is 0 Å². The Morgan fingerprint density at radius 3 is 2.46 bits per heavy atom. The molecule has 0 aliphatic heterocycles. The standard InChI is InChI=1S/C18H20ClN3O4/c1-18(2,3)26-17(24)22-15-8-6-12(10-20-15)21-14-9-11(16(23)25-4)5-7-13(14)19/h5-10,21H,1-4H3,(H,20,22,24). The van der Waals surface area contributed by atoms with Crippen molar-refractivity contribution in [2.75, 3.05) is 17.7 Å². The van der Waals surface area contributed by atoms with E-state index in [0.29, 0.717) is 27.8 Å². The first-order chi connectivity index (χ1) is 12.2. The van der Waals surface area contributed by atoms with Gasteiger partial charge in [-0.05, 0) is 51.1 Å². The van der Waals surface area contributed by atoms with Crippen molar-refractivity contribution >= 4 is 40.9 Å². The molecule has 1 aromatic carbocycles. The molecule has 0 atom stereocenters. The minimum atomic E-state index is -0.590. The molecular weight excluding hydrogens is 358 g/mol. The molecule has 8 heteroatoms. The summed E-state index contributed by atoms with van der Waals surface area (Å²) in [6.07, 6.45) is 0.938. The van der Waals surface area contributed by atoms with Crippen molar-refractivity contribution < 1.29 is 19.1 Å². The molecule has 138 valence electrons. The fourth-order valence-corrected chi connectivity index (χ4v) is 2.14. The molecule has 0 bridgehead atoms. The molecule has 7 nitrogen and oxygen atoms in total. The summed E-state index contributed by atoms with van der Waals surface area (Å²) in [7, 11) is 1.31. The number of nitrogens with one attached hydrogen (secondary N) is 2. The van der Waals surface area contributed by atoms with Gasteiger partial charge in [-0.25, -0.2) is 14.6 Å². The number of nitrogens with zero attached hydrogens (tertiary/aromatic N) is 1. The lowest BCUT2D eigenvalue weighted by molar-refractivity contribution is 0.0598. The average molecular weight is 378 g/mol. The fourth-order valence-electron chi connectivity index (χ4n) is 1.97. The summed E-state index contributed by atoms with van der Waals surface area (Å²) in [6.45, 7) is 5.33. The number of carbonyl (C=O) groups is 2. The number of benzene rings is 1. The lowest BCUT2D eigenvalue weighted by atomic mass is 10.2. The van der Waals surface area contributed by atoms with Crippen LogP contribution in [-0.4, -0.2) is 29.8 Å². The molecule has 1 heterocycles. The zero-order valence-corrected chi connectivity index (χ0v) is 15.7. The summed E-state index contributed by atoms with van der Waals surface area (Å²) < 4.78 is 9.86. The summed E-state index contributed by atoms with van der Waals surface area (Å²) in [6, 6.07) is 8.08. The second-order valence-electron chi connectivity index (χ2n) is 6.37. The summed E-state index contributed by atoms with van der Waals surface area (Å²) in [5, 5.41) is 6.05. The van der Waals surface area contributed by atoms with Crippen LogP contribution >= 0.6 is 11.6 Å². The molecule has 0 saturated carbocycles. The maximum absolute atomic E-state index is 11.7. The molecule has 1 amide bonds. The first-order valence-corrected chi connectivity index (χ1v) is 8.17. The Labute approximate surface area is 156 Å². The zero-order chi connectivity index (χ0) is 19.3. The van der Waals surface area contributed by atoms with Gasteiger partial charge >= 0.3 is 12.1 Å². The first kappa shape index (κ1) is 19.5. The average Bonchev–Trinajstić information content (AvgIpc) is 2.56. The highest BCUT2D eigenvalue weighted by Gasteiger charge is 2.16. The monoisotopic (exact) mass is 377 g/mol. The van der Waals surface area contributed by atoms with Crippen molar-refractivity contribution in [3.8, 4) is 0 Å². The minimum absolute atomic E-state index is 0.346. The Kier molecular flexibility index (Phi) is 6.05. The second-order valence-corrected chi connectivity index (χ2v) is 6.78. The van der Waals surface area contributed by atoms with Gasteiger partial charge in [0.15, 0.2) is 0 Å². The number of aromatic nitrogens is 1. The smallest absolute Gasteiger partial charge is 0.413 e. The van der Waals surface area contributed by atoms with Gasteiger partial charge < -0.3 is 14.8 Å². The van der Waals surface area contributed by atoms with Crippen molar-refractivity contribution in [3.05, 3.63) is 47.1 Å². The molecule has 2 aromatic rings. The third kappa shape index (κ3) is 5.63. The summed E-state index contributed by atoms with van der Waals surface area (Å²) in [5.41, 5.74) is 0.941. The van der Waals surface area contributed by atoms with E-state index in [1.807, 2.05) is 0 Å². The normalized spacial score (nSPS) is 10.8. The topological polar surface area (TPSA) is 89.6 Å². The van der Waals surface area contributed by atoms with Crippen molar-refractivity contribution in [1.82, 2.24) is 4.98 Å². The first-order valence-electron chi connectivity index (χ1n) is 7.79. The van der Waals surface area contributed by atoms with Crippen LogP contribution in [0.4, 0.5) is 22.0 Å². The maximum atomic E-state index is 11.7. The van der Waals surface area contributed by atoms with E-state index in [9.17, 15) is 9.59 Å². The van der Waals surface area contributed by atoms with E-state index < -0.39 is 17.7 Å². The van der Waals surface area contributed by atoms with Gasteiger partial charge in [-0.15, -0.1) is 0 Å². The molecule has 0 fully saturated rings. The Hall–Kier alpha value is -2.80. The van der Waals surface area contributed by atoms with E-state index in [1.54, 1.807) is 51.1 Å². The molecule has 2 rings (SSSR count). The largest absolute Gasteiger partial charge is 0.465 e. The van der Waals surface area contributed by atoms with Gasteiger partial charge in [0.2, 0.25) is 0 Å². The molecule has 0 radical (unpaired) electrons. The molecule has 0 aliphatic rings.